The van der Waals surface area contributed by atoms with Crippen LogP contribution in [0, 0.1) is 5.92 Å². The van der Waals surface area contributed by atoms with Gasteiger partial charge in [0.05, 0.1) is 18.4 Å². The second-order valence-electron chi connectivity index (χ2n) is 3.74. The van der Waals surface area contributed by atoms with Crippen LogP contribution >= 0.6 is 0 Å². The van der Waals surface area contributed by atoms with Gasteiger partial charge in [0.2, 0.25) is 0 Å². The minimum atomic E-state index is -0.798. The van der Waals surface area contributed by atoms with Crippen LogP contribution in [-0.4, -0.2) is 11.1 Å². The van der Waals surface area contributed by atoms with Crippen LogP contribution < -0.4 is 0 Å². The first kappa shape index (κ1) is 11.6. The molecule has 0 amide bonds. The van der Waals surface area contributed by atoms with E-state index in [0.717, 1.165) is 12.0 Å². The van der Waals surface area contributed by atoms with Gasteiger partial charge < -0.3 is 9.52 Å². The lowest BCUT2D eigenvalue weighted by molar-refractivity contribution is -0.139. The van der Waals surface area contributed by atoms with Crippen LogP contribution in [0.1, 0.15) is 31.2 Å². The lowest BCUT2D eigenvalue weighted by atomic mass is 9.93. The number of rotatable bonds is 6. The fourth-order valence-corrected chi connectivity index (χ4v) is 1.45. The molecule has 1 N–H and O–H groups in total. The zero-order valence-electron chi connectivity index (χ0n) is 8.85. The molecule has 0 aliphatic carbocycles. The number of hydrogen-bond donors (Lipinski definition) is 1. The molecule has 0 aliphatic rings. The zero-order chi connectivity index (χ0) is 11.3. The predicted molar refractivity (Wildman–Crippen MR) is 57.7 cm³/mol. The van der Waals surface area contributed by atoms with E-state index in [2.05, 4.69) is 6.58 Å². The summed E-state index contributed by atoms with van der Waals surface area (Å²) in [7, 11) is 0. The third-order valence-corrected chi connectivity index (χ3v) is 2.56. The summed E-state index contributed by atoms with van der Waals surface area (Å²) in [6, 6.07) is 1.71. The van der Waals surface area contributed by atoms with Gasteiger partial charge in [-0.25, -0.2) is 0 Å². The average Bonchev–Trinajstić information content (AvgIpc) is 2.70. The van der Waals surface area contributed by atoms with Gasteiger partial charge in [0.1, 0.15) is 0 Å². The van der Waals surface area contributed by atoms with Crippen molar-refractivity contribution in [3.05, 3.63) is 36.8 Å². The highest BCUT2D eigenvalue weighted by atomic mass is 16.4. The summed E-state index contributed by atoms with van der Waals surface area (Å²) < 4.78 is 4.90. The molecule has 0 aliphatic heterocycles. The fourth-order valence-electron chi connectivity index (χ4n) is 1.45. The molecule has 0 fully saturated rings. The zero-order valence-corrected chi connectivity index (χ0v) is 8.85. The molecule has 1 heterocycles. The number of hydrogen-bond acceptors (Lipinski definition) is 2. The molecular weight excluding hydrogens is 192 g/mol. The van der Waals surface area contributed by atoms with E-state index in [4.69, 9.17) is 9.52 Å². The summed E-state index contributed by atoms with van der Waals surface area (Å²) in [4.78, 5) is 11.0. The van der Waals surface area contributed by atoms with Gasteiger partial charge in [-0.05, 0) is 24.8 Å². The Kier molecular flexibility index (Phi) is 4.16. The lowest BCUT2D eigenvalue weighted by Gasteiger charge is -2.11. The van der Waals surface area contributed by atoms with Crippen molar-refractivity contribution < 1.29 is 14.3 Å². The minimum absolute atomic E-state index is 0.346. The number of allylic oxidation sites excluding steroid dienone is 1. The quantitative estimate of drug-likeness (QED) is 0.731. The molecule has 3 heteroatoms. The second-order valence-corrected chi connectivity index (χ2v) is 3.74. The van der Waals surface area contributed by atoms with Crippen molar-refractivity contribution in [3.63, 3.8) is 0 Å². The average molecular weight is 208 g/mol. The SMILES string of the molecule is C=C[C@H](C)CC[C@H](C(=O)O)c1ccoc1. The Labute approximate surface area is 89.4 Å². The van der Waals surface area contributed by atoms with Crippen molar-refractivity contribution in [3.8, 4) is 0 Å². The van der Waals surface area contributed by atoms with Gasteiger partial charge in [0.15, 0.2) is 0 Å². The first-order valence-corrected chi connectivity index (χ1v) is 5.02. The third kappa shape index (κ3) is 3.27. The molecule has 0 unspecified atom stereocenters. The van der Waals surface area contributed by atoms with E-state index in [0.29, 0.717) is 12.3 Å². The largest absolute Gasteiger partial charge is 0.481 e. The number of furan rings is 1. The molecule has 3 nitrogen and oxygen atoms in total. The van der Waals surface area contributed by atoms with Gasteiger partial charge in [-0.1, -0.05) is 13.0 Å². The number of aliphatic carboxylic acids is 1. The van der Waals surface area contributed by atoms with E-state index in [9.17, 15) is 4.79 Å². The Hall–Kier alpha value is -1.51. The van der Waals surface area contributed by atoms with Crippen LogP contribution in [0.4, 0.5) is 0 Å². The monoisotopic (exact) mass is 208 g/mol. The Morgan fingerprint density at radius 3 is 2.87 bits per heavy atom. The van der Waals surface area contributed by atoms with Crippen molar-refractivity contribution in [1.29, 1.82) is 0 Å². The van der Waals surface area contributed by atoms with Crippen molar-refractivity contribution >= 4 is 5.97 Å². The first-order valence-electron chi connectivity index (χ1n) is 5.02. The van der Waals surface area contributed by atoms with Gasteiger partial charge in [-0.3, -0.25) is 4.79 Å². The number of carboxylic acid groups (broad SMARTS) is 1. The molecule has 1 aromatic rings. The van der Waals surface area contributed by atoms with Crippen LogP contribution in [0.25, 0.3) is 0 Å². The lowest BCUT2D eigenvalue weighted by Crippen LogP contribution is -2.11. The summed E-state index contributed by atoms with van der Waals surface area (Å²) in [6.07, 6.45) is 6.28. The smallest absolute Gasteiger partial charge is 0.311 e. The van der Waals surface area contributed by atoms with Gasteiger partial charge in [0, 0.05) is 5.56 Å². The Bertz CT molecular complexity index is 314. The second kappa shape index (κ2) is 5.39. The summed E-state index contributed by atoms with van der Waals surface area (Å²) in [6.45, 7) is 5.71. The van der Waals surface area contributed by atoms with Gasteiger partial charge in [-0.15, -0.1) is 6.58 Å². The molecule has 82 valence electrons. The Morgan fingerprint density at radius 2 is 2.40 bits per heavy atom. The summed E-state index contributed by atoms with van der Waals surface area (Å²) in [5.74, 6) is -0.919. The fraction of sp³-hybridized carbons (Fsp3) is 0.417. The maximum Gasteiger partial charge on any atom is 0.311 e. The Balaban J connectivity index is 2.60. The van der Waals surface area contributed by atoms with Crippen LogP contribution in [0.2, 0.25) is 0 Å². The standard InChI is InChI=1S/C12H16O3/c1-3-9(2)4-5-11(12(13)14)10-6-7-15-8-10/h3,6-9,11H,1,4-5H2,2H3,(H,13,14)/t9-,11-/m0/s1. The van der Waals surface area contributed by atoms with Crippen molar-refractivity contribution in [2.24, 2.45) is 5.92 Å². The molecule has 1 aromatic heterocycles. The van der Waals surface area contributed by atoms with Crippen molar-refractivity contribution in [2.75, 3.05) is 0 Å². The van der Waals surface area contributed by atoms with E-state index in [1.807, 2.05) is 13.0 Å². The van der Waals surface area contributed by atoms with E-state index in [1.54, 1.807) is 6.07 Å². The normalized spacial score (nSPS) is 14.5. The summed E-state index contributed by atoms with van der Waals surface area (Å²) >= 11 is 0. The number of carbonyl (C=O) groups is 1. The highest BCUT2D eigenvalue weighted by Gasteiger charge is 2.20. The van der Waals surface area contributed by atoms with Crippen LogP contribution in [0.15, 0.2) is 35.7 Å². The van der Waals surface area contributed by atoms with Gasteiger partial charge >= 0.3 is 5.97 Å². The highest BCUT2D eigenvalue weighted by Crippen LogP contribution is 2.24. The number of carboxylic acids is 1. The van der Waals surface area contributed by atoms with E-state index >= 15 is 0 Å². The maximum atomic E-state index is 11.0. The van der Waals surface area contributed by atoms with Gasteiger partial charge in [-0.2, -0.15) is 0 Å². The Morgan fingerprint density at radius 1 is 1.67 bits per heavy atom. The molecule has 0 aromatic carbocycles. The van der Waals surface area contributed by atoms with Crippen molar-refractivity contribution in [2.45, 2.75) is 25.7 Å². The first-order chi connectivity index (χ1) is 7.15. The molecule has 0 saturated carbocycles. The minimum Gasteiger partial charge on any atom is -0.481 e. The molecule has 0 spiro atoms. The third-order valence-electron chi connectivity index (χ3n) is 2.56. The van der Waals surface area contributed by atoms with Gasteiger partial charge in [0.25, 0.3) is 0 Å². The highest BCUT2D eigenvalue weighted by molar-refractivity contribution is 5.75. The van der Waals surface area contributed by atoms with Crippen LogP contribution in [-0.2, 0) is 4.79 Å². The molecule has 0 saturated heterocycles. The van der Waals surface area contributed by atoms with E-state index in [-0.39, 0.29) is 0 Å². The van der Waals surface area contributed by atoms with Crippen LogP contribution in [0.3, 0.4) is 0 Å². The summed E-state index contributed by atoms with van der Waals surface area (Å²) in [5, 5.41) is 9.06. The predicted octanol–water partition coefficient (Wildman–Crippen LogP) is 3.05. The van der Waals surface area contributed by atoms with E-state index < -0.39 is 11.9 Å². The van der Waals surface area contributed by atoms with Crippen LogP contribution in [0.5, 0.6) is 0 Å². The molecule has 0 radical (unpaired) electrons. The van der Waals surface area contributed by atoms with E-state index in [1.165, 1.54) is 12.5 Å². The molecule has 1 rings (SSSR count). The molecular formula is C12H16O3. The maximum absolute atomic E-state index is 11.0. The van der Waals surface area contributed by atoms with Crippen molar-refractivity contribution in [1.82, 2.24) is 0 Å². The molecule has 15 heavy (non-hydrogen) atoms. The summed E-state index contributed by atoms with van der Waals surface area (Å²) in [5.41, 5.74) is 0.735. The molecule has 2 atom stereocenters. The molecule has 0 bridgehead atoms. The topological polar surface area (TPSA) is 50.4 Å².